The van der Waals surface area contributed by atoms with E-state index in [1.54, 1.807) is 0 Å². The van der Waals surface area contributed by atoms with Crippen LogP contribution >= 0.6 is 0 Å². The van der Waals surface area contributed by atoms with Crippen LogP contribution in [0.1, 0.15) is 0 Å². The molecule has 0 spiro atoms. The van der Waals surface area contributed by atoms with Crippen molar-refractivity contribution in [2.45, 2.75) is 18.5 Å². The average molecular weight is 235 g/mol. The van der Waals surface area contributed by atoms with Crippen molar-refractivity contribution in [3.05, 3.63) is 0 Å². The van der Waals surface area contributed by atoms with E-state index in [0.29, 0.717) is 0 Å². The fraction of sp³-hybridized carbons (Fsp3) is 0.600. The summed E-state index contributed by atoms with van der Waals surface area (Å²) in [6.07, 6.45) is -13.1. The Bertz CT molecular complexity index is 305. The van der Waals surface area contributed by atoms with E-state index in [4.69, 9.17) is 0 Å². The van der Waals surface area contributed by atoms with Gasteiger partial charge in [0, 0.05) is 0 Å². The summed E-state index contributed by atoms with van der Waals surface area (Å²) in [6.45, 7) is 0. The van der Waals surface area contributed by atoms with Gasteiger partial charge in [0.05, 0.1) is 0 Å². The maximum atomic E-state index is 12.0. The highest BCUT2D eigenvalue weighted by Gasteiger charge is 2.48. The fourth-order valence-electron chi connectivity index (χ4n) is 0.761. The third kappa shape index (κ3) is 2.73. The molecule has 1 heterocycles. The Kier molecular flexibility index (Phi) is 2.53. The molecule has 0 radical (unpaired) electrons. The van der Waals surface area contributed by atoms with Crippen LogP contribution < -0.4 is 10.6 Å². The van der Waals surface area contributed by atoms with E-state index in [1.165, 1.54) is 5.32 Å². The van der Waals surface area contributed by atoms with Gasteiger partial charge in [-0.1, -0.05) is 0 Å². The number of rotatable bonds is 0. The average Bonchev–Trinajstić information content (AvgIpc) is 1.99. The maximum absolute atomic E-state index is 12.0. The Labute approximate surface area is 78.3 Å². The molecule has 0 aromatic carbocycles. The predicted octanol–water partition coefficient (Wildman–Crippen LogP) is 1.15. The molecule has 0 saturated heterocycles. The van der Waals surface area contributed by atoms with Gasteiger partial charge in [0.2, 0.25) is 12.0 Å². The van der Waals surface area contributed by atoms with Gasteiger partial charge in [-0.3, -0.25) is 5.32 Å². The molecule has 1 atom stereocenters. The predicted molar refractivity (Wildman–Crippen MR) is 35.0 cm³/mol. The van der Waals surface area contributed by atoms with Crippen LogP contribution in [-0.4, -0.2) is 30.4 Å². The van der Waals surface area contributed by atoms with Gasteiger partial charge in [0.1, 0.15) is 0 Å². The second kappa shape index (κ2) is 3.28. The summed E-state index contributed by atoms with van der Waals surface area (Å²) in [5, 5.41) is 2.33. The number of carbonyl (C=O) groups is 1. The zero-order chi connectivity index (χ0) is 11.9. The largest absolute Gasteiger partial charge is 0.449 e. The van der Waals surface area contributed by atoms with Crippen molar-refractivity contribution < 1.29 is 31.1 Å². The molecule has 2 amide bonds. The van der Waals surface area contributed by atoms with Gasteiger partial charge in [-0.2, -0.15) is 26.3 Å². The molecule has 0 saturated carbocycles. The van der Waals surface area contributed by atoms with Crippen LogP contribution in [0.15, 0.2) is 4.99 Å². The molecule has 86 valence electrons. The van der Waals surface area contributed by atoms with Gasteiger partial charge in [-0.05, 0) is 0 Å². The summed E-state index contributed by atoms with van der Waals surface area (Å²) in [5.74, 6) is -1.96. The fourth-order valence-corrected chi connectivity index (χ4v) is 0.761. The first-order chi connectivity index (χ1) is 6.60. The standard InChI is InChI=1S/C5H3F6N3O/c6-4(7,8)1-12-2(5(9,10)11)14-3(15)13-1/h1H,(H2,12,13,14,15). The van der Waals surface area contributed by atoms with Crippen LogP contribution in [-0.2, 0) is 0 Å². The van der Waals surface area contributed by atoms with E-state index < -0.39 is 30.4 Å². The number of alkyl halides is 6. The first-order valence-electron chi connectivity index (χ1n) is 3.40. The lowest BCUT2D eigenvalue weighted by Gasteiger charge is -2.24. The third-order valence-electron chi connectivity index (χ3n) is 1.34. The highest BCUT2D eigenvalue weighted by molar-refractivity contribution is 6.02. The minimum atomic E-state index is -5.12. The number of urea groups is 1. The number of nitrogens with zero attached hydrogens (tertiary/aromatic N) is 1. The van der Waals surface area contributed by atoms with Crippen molar-refractivity contribution in [2.24, 2.45) is 4.99 Å². The molecule has 0 aromatic heterocycles. The molecule has 1 aliphatic rings. The Balaban J connectivity index is 2.99. The van der Waals surface area contributed by atoms with Crippen LogP contribution in [0, 0.1) is 0 Å². The molecular formula is C5H3F6N3O. The second-order valence-electron chi connectivity index (χ2n) is 2.52. The monoisotopic (exact) mass is 235 g/mol. The van der Waals surface area contributed by atoms with Crippen molar-refractivity contribution in [1.29, 1.82) is 0 Å². The molecule has 0 fully saturated rings. The van der Waals surface area contributed by atoms with Crippen LogP contribution in [0.25, 0.3) is 0 Å². The Morgan fingerprint density at radius 1 is 1.13 bits per heavy atom. The first-order valence-corrected chi connectivity index (χ1v) is 3.40. The number of amidine groups is 1. The zero-order valence-electron chi connectivity index (χ0n) is 6.70. The molecule has 10 heteroatoms. The topological polar surface area (TPSA) is 53.5 Å². The number of halogens is 6. The van der Waals surface area contributed by atoms with Gasteiger partial charge in [-0.25, -0.2) is 9.79 Å². The molecule has 1 unspecified atom stereocenters. The summed E-state index contributed by atoms with van der Waals surface area (Å²) in [5.41, 5.74) is 0. The molecule has 1 aliphatic heterocycles. The van der Waals surface area contributed by atoms with Crippen LogP contribution in [0.5, 0.6) is 0 Å². The minimum Gasteiger partial charge on any atom is -0.308 e. The third-order valence-corrected chi connectivity index (χ3v) is 1.34. The lowest BCUT2D eigenvalue weighted by Crippen LogP contribution is -2.58. The van der Waals surface area contributed by atoms with Gasteiger partial charge < -0.3 is 5.32 Å². The lowest BCUT2D eigenvalue weighted by atomic mass is 10.4. The highest BCUT2D eigenvalue weighted by atomic mass is 19.4. The smallest absolute Gasteiger partial charge is 0.308 e. The second-order valence-corrected chi connectivity index (χ2v) is 2.52. The van der Waals surface area contributed by atoms with Gasteiger partial charge in [-0.15, -0.1) is 0 Å². The Morgan fingerprint density at radius 3 is 2.07 bits per heavy atom. The summed E-state index contributed by atoms with van der Waals surface area (Å²) >= 11 is 0. The number of amides is 2. The van der Waals surface area contributed by atoms with Crippen molar-refractivity contribution >= 4 is 11.9 Å². The normalized spacial score (nSPS) is 22.9. The zero-order valence-corrected chi connectivity index (χ0v) is 6.70. The van der Waals surface area contributed by atoms with Crippen LogP contribution in [0.4, 0.5) is 31.1 Å². The molecule has 4 nitrogen and oxygen atoms in total. The van der Waals surface area contributed by atoms with E-state index in [0.717, 1.165) is 5.32 Å². The molecule has 1 rings (SSSR count). The molecule has 0 aliphatic carbocycles. The summed E-state index contributed by atoms with van der Waals surface area (Å²) < 4.78 is 71.7. The molecular weight excluding hydrogens is 232 g/mol. The SMILES string of the molecule is O=C1NC(C(F)(F)F)=NC(C(F)(F)F)N1. The Hall–Kier alpha value is -1.48. The number of aliphatic imine (C=N–C) groups is 1. The van der Waals surface area contributed by atoms with E-state index >= 15 is 0 Å². The molecule has 0 bridgehead atoms. The van der Waals surface area contributed by atoms with E-state index in [1.807, 2.05) is 0 Å². The van der Waals surface area contributed by atoms with Crippen molar-refractivity contribution in [3.63, 3.8) is 0 Å². The van der Waals surface area contributed by atoms with E-state index in [-0.39, 0.29) is 0 Å². The molecule has 0 aromatic rings. The number of hydrogen-bond donors (Lipinski definition) is 2. The van der Waals surface area contributed by atoms with Crippen molar-refractivity contribution in [3.8, 4) is 0 Å². The lowest BCUT2D eigenvalue weighted by molar-refractivity contribution is -0.152. The number of hydrogen-bond acceptors (Lipinski definition) is 2. The first kappa shape index (κ1) is 11.6. The highest BCUT2D eigenvalue weighted by Crippen LogP contribution is 2.25. The van der Waals surface area contributed by atoms with Crippen LogP contribution in [0.3, 0.4) is 0 Å². The minimum absolute atomic E-state index is 1.13. The van der Waals surface area contributed by atoms with Gasteiger partial charge >= 0.3 is 18.4 Å². The van der Waals surface area contributed by atoms with E-state index in [2.05, 4.69) is 4.99 Å². The Morgan fingerprint density at radius 2 is 1.67 bits per heavy atom. The summed E-state index contributed by atoms with van der Waals surface area (Å²) in [7, 11) is 0. The van der Waals surface area contributed by atoms with E-state index in [9.17, 15) is 31.1 Å². The summed E-state index contributed by atoms with van der Waals surface area (Å²) in [6, 6.07) is -1.60. The summed E-state index contributed by atoms with van der Waals surface area (Å²) in [4.78, 5) is 12.8. The van der Waals surface area contributed by atoms with Crippen molar-refractivity contribution in [1.82, 2.24) is 10.6 Å². The quantitative estimate of drug-likeness (QED) is 0.608. The van der Waals surface area contributed by atoms with Crippen molar-refractivity contribution in [2.75, 3.05) is 0 Å². The number of carbonyl (C=O) groups excluding carboxylic acids is 1. The number of nitrogens with one attached hydrogen (secondary N) is 2. The maximum Gasteiger partial charge on any atom is 0.449 e. The van der Waals surface area contributed by atoms with Gasteiger partial charge in [0.15, 0.2) is 0 Å². The van der Waals surface area contributed by atoms with Crippen LogP contribution in [0.2, 0.25) is 0 Å². The van der Waals surface area contributed by atoms with Gasteiger partial charge in [0.25, 0.3) is 0 Å². The molecule has 15 heavy (non-hydrogen) atoms. The molecule has 2 N–H and O–H groups in total.